The van der Waals surface area contributed by atoms with Crippen molar-refractivity contribution in [3.63, 3.8) is 0 Å². The number of esters is 1. The average Bonchev–Trinajstić information content (AvgIpc) is 2.06. The molecule has 0 radical (unpaired) electrons. The van der Waals surface area contributed by atoms with Gasteiger partial charge in [-0.25, -0.2) is 0 Å². The first-order chi connectivity index (χ1) is 7.60. The monoisotopic (exact) mass is 273 g/mol. The molecule has 0 unspecified atom stereocenters. The second-order valence-electron chi connectivity index (χ2n) is 4.38. The van der Waals surface area contributed by atoms with Crippen LogP contribution < -0.4 is 5.32 Å². The third kappa shape index (κ3) is 13.5. The number of nitrogens with one attached hydrogen (secondary N) is 1. The Morgan fingerprint density at radius 3 is 2.29 bits per heavy atom. The van der Waals surface area contributed by atoms with E-state index in [9.17, 15) is 18.0 Å². The summed E-state index contributed by atoms with van der Waals surface area (Å²) >= 11 is -0.0763. The van der Waals surface area contributed by atoms with Gasteiger partial charge in [-0.1, -0.05) is 0 Å². The van der Waals surface area contributed by atoms with Crippen LogP contribution in [0.15, 0.2) is 0 Å². The van der Waals surface area contributed by atoms with E-state index in [4.69, 9.17) is 4.74 Å². The molecule has 3 nitrogen and oxygen atoms in total. The lowest BCUT2D eigenvalue weighted by Gasteiger charge is -2.19. The van der Waals surface area contributed by atoms with Gasteiger partial charge < -0.3 is 10.1 Å². The van der Waals surface area contributed by atoms with Crippen LogP contribution in [0.2, 0.25) is 0 Å². The van der Waals surface area contributed by atoms with Crippen LogP contribution in [0, 0.1) is 0 Å². The molecular formula is C10H18F3NO2S. The predicted molar refractivity (Wildman–Crippen MR) is 61.8 cm³/mol. The van der Waals surface area contributed by atoms with Crippen LogP contribution in [0.1, 0.15) is 27.2 Å². The first kappa shape index (κ1) is 16.6. The van der Waals surface area contributed by atoms with Gasteiger partial charge in [-0.05, 0) is 32.5 Å². The van der Waals surface area contributed by atoms with E-state index in [-0.39, 0.29) is 36.4 Å². The molecule has 0 amide bonds. The molecule has 0 aliphatic heterocycles. The molecule has 0 aromatic carbocycles. The standard InChI is InChI=1S/C10H18F3NO2S/c1-9(2,3)16-8(15)4-5-14-6-7-17-10(11,12)13/h14H,4-7H2,1-3H3. The third-order valence-electron chi connectivity index (χ3n) is 1.47. The Balaban J connectivity index is 3.44. The van der Waals surface area contributed by atoms with Gasteiger partial charge in [0.15, 0.2) is 0 Å². The minimum atomic E-state index is -4.19. The summed E-state index contributed by atoms with van der Waals surface area (Å²) in [6, 6.07) is 0. The van der Waals surface area contributed by atoms with Crippen molar-refractivity contribution in [3.05, 3.63) is 0 Å². The van der Waals surface area contributed by atoms with Crippen molar-refractivity contribution in [2.45, 2.75) is 38.3 Å². The SMILES string of the molecule is CC(C)(C)OC(=O)CCNCCSC(F)(F)F. The molecule has 102 valence electrons. The van der Waals surface area contributed by atoms with Gasteiger partial charge in [-0.3, -0.25) is 4.79 Å². The van der Waals surface area contributed by atoms with Crippen LogP contribution in [0.25, 0.3) is 0 Å². The summed E-state index contributed by atoms with van der Waals surface area (Å²) in [4.78, 5) is 11.2. The molecule has 0 aliphatic rings. The maximum Gasteiger partial charge on any atom is 0.441 e. The zero-order valence-electron chi connectivity index (χ0n) is 10.2. The highest BCUT2D eigenvalue weighted by molar-refractivity contribution is 8.00. The average molecular weight is 273 g/mol. The summed E-state index contributed by atoms with van der Waals surface area (Å²) in [5.41, 5.74) is -4.71. The van der Waals surface area contributed by atoms with Gasteiger partial charge in [-0.15, -0.1) is 0 Å². The summed E-state index contributed by atoms with van der Waals surface area (Å²) in [5, 5.41) is 2.75. The second kappa shape index (κ2) is 7.10. The van der Waals surface area contributed by atoms with Crippen LogP contribution in [0.4, 0.5) is 13.2 Å². The number of rotatable bonds is 6. The summed E-state index contributed by atoms with van der Waals surface area (Å²) in [6.45, 7) is 5.83. The lowest BCUT2D eigenvalue weighted by atomic mass is 10.2. The minimum Gasteiger partial charge on any atom is -0.460 e. The fraction of sp³-hybridized carbons (Fsp3) is 0.900. The number of ether oxygens (including phenoxy) is 1. The Labute approximate surface area is 103 Å². The number of thioether (sulfide) groups is 1. The van der Waals surface area contributed by atoms with Crippen molar-refractivity contribution in [3.8, 4) is 0 Å². The summed E-state index contributed by atoms with van der Waals surface area (Å²) in [7, 11) is 0. The molecule has 0 saturated heterocycles. The first-order valence-corrected chi connectivity index (χ1v) is 6.22. The highest BCUT2D eigenvalue weighted by Crippen LogP contribution is 2.29. The number of hydrogen-bond acceptors (Lipinski definition) is 4. The summed E-state index contributed by atoms with van der Waals surface area (Å²) < 4.78 is 40.3. The quantitative estimate of drug-likeness (QED) is 0.596. The summed E-state index contributed by atoms with van der Waals surface area (Å²) in [5.74, 6) is -0.411. The van der Waals surface area contributed by atoms with Gasteiger partial charge >= 0.3 is 11.5 Å². The molecule has 1 N–H and O–H groups in total. The number of hydrogen-bond donors (Lipinski definition) is 1. The van der Waals surface area contributed by atoms with Crippen LogP contribution >= 0.6 is 11.8 Å². The van der Waals surface area contributed by atoms with Crippen molar-refractivity contribution in [1.29, 1.82) is 0 Å². The van der Waals surface area contributed by atoms with Gasteiger partial charge in [-0.2, -0.15) is 13.2 Å². The normalized spacial score (nSPS) is 12.6. The molecule has 0 fully saturated rings. The molecule has 7 heteroatoms. The smallest absolute Gasteiger partial charge is 0.441 e. The van der Waals surface area contributed by atoms with Gasteiger partial charge in [0.1, 0.15) is 5.60 Å². The largest absolute Gasteiger partial charge is 0.460 e. The third-order valence-corrected chi connectivity index (χ3v) is 2.21. The fourth-order valence-corrected chi connectivity index (χ4v) is 1.42. The van der Waals surface area contributed by atoms with E-state index < -0.39 is 11.1 Å². The van der Waals surface area contributed by atoms with Gasteiger partial charge in [0.05, 0.1) is 6.42 Å². The molecule has 0 bridgehead atoms. The Morgan fingerprint density at radius 2 is 1.82 bits per heavy atom. The van der Waals surface area contributed by atoms with Crippen LogP contribution in [0.5, 0.6) is 0 Å². The molecular weight excluding hydrogens is 255 g/mol. The molecule has 0 atom stereocenters. The Morgan fingerprint density at radius 1 is 1.24 bits per heavy atom. The molecule has 0 heterocycles. The zero-order valence-corrected chi connectivity index (χ0v) is 11.0. The molecule has 0 saturated carbocycles. The van der Waals surface area contributed by atoms with E-state index >= 15 is 0 Å². The Hall–Kier alpha value is -0.430. The lowest BCUT2D eigenvalue weighted by molar-refractivity contribution is -0.154. The number of alkyl halides is 3. The van der Waals surface area contributed by atoms with Crippen molar-refractivity contribution in [2.24, 2.45) is 0 Å². The number of halogens is 3. The number of carbonyl (C=O) groups is 1. The van der Waals surface area contributed by atoms with E-state index in [1.807, 2.05) is 0 Å². The summed E-state index contributed by atoms with van der Waals surface area (Å²) in [6.07, 6.45) is 0.161. The van der Waals surface area contributed by atoms with Crippen LogP contribution in [0.3, 0.4) is 0 Å². The first-order valence-electron chi connectivity index (χ1n) is 5.23. The molecule has 0 aliphatic carbocycles. The van der Waals surface area contributed by atoms with Crippen LogP contribution in [-0.2, 0) is 9.53 Å². The number of carbonyl (C=O) groups excluding carboxylic acids is 1. The molecule has 0 aromatic heterocycles. The molecule has 0 aromatic rings. The predicted octanol–water partition coefficient (Wildman–Crippen LogP) is 2.56. The van der Waals surface area contributed by atoms with Crippen LogP contribution in [-0.4, -0.2) is 35.9 Å². The molecule has 0 spiro atoms. The van der Waals surface area contributed by atoms with E-state index in [1.54, 1.807) is 20.8 Å². The van der Waals surface area contributed by atoms with Crippen molar-refractivity contribution in [2.75, 3.05) is 18.8 Å². The van der Waals surface area contributed by atoms with Crippen molar-refractivity contribution in [1.82, 2.24) is 5.32 Å². The zero-order chi connectivity index (χ0) is 13.5. The maximum atomic E-state index is 11.7. The second-order valence-corrected chi connectivity index (χ2v) is 5.54. The highest BCUT2D eigenvalue weighted by atomic mass is 32.2. The van der Waals surface area contributed by atoms with E-state index in [2.05, 4.69) is 5.32 Å². The molecule has 0 rings (SSSR count). The van der Waals surface area contributed by atoms with E-state index in [0.717, 1.165) is 0 Å². The van der Waals surface area contributed by atoms with Gasteiger partial charge in [0, 0.05) is 18.8 Å². The van der Waals surface area contributed by atoms with Crippen molar-refractivity contribution < 1.29 is 22.7 Å². The maximum absolute atomic E-state index is 11.7. The highest BCUT2D eigenvalue weighted by Gasteiger charge is 2.27. The fourth-order valence-electron chi connectivity index (χ4n) is 0.947. The lowest BCUT2D eigenvalue weighted by Crippen LogP contribution is -2.27. The topological polar surface area (TPSA) is 38.3 Å². The van der Waals surface area contributed by atoms with Gasteiger partial charge in [0.25, 0.3) is 0 Å². The van der Waals surface area contributed by atoms with Crippen molar-refractivity contribution >= 4 is 17.7 Å². The van der Waals surface area contributed by atoms with Gasteiger partial charge in [0.2, 0.25) is 0 Å². The Bertz CT molecular complexity index is 239. The minimum absolute atomic E-state index is 0.0577. The molecule has 17 heavy (non-hydrogen) atoms. The van der Waals surface area contributed by atoms with E-state index in [1.165, 1.54) is 0 Å². The van der Waals surface area contributed by atoms with E-state index in [0.29, 0.717) is 6.54 Å². The Kier molecular flexibility index (Phi) is 6.92.